The highest BCUT2D eigenvalue weighted by Crippen LogP contribution is 2.30. The first-order valence-corrected chi connectivity index (χ1v) is 3.65. The van der Waals surface area contributed by atoms with Gasteiger partial charge in [0, 0.05) is 6.42 Å². The van der Waals surface area contributed by atoms with E-state index in [1.165, 1.54) is 0 Å². The molecule has 59 valence electrons. The van der Waals surface area contributed by atoms with Crippen LogP contribution in [0.5, 0.6) is 0 Å². The number of carbonyl (C=O) groups is 1. The predicted molar refractivity (Wildman–Crippen MR) is 42.9 cm³/mol. The van der Waals surface area contributed by atoms with Gasteiger partial charge >= 0.3 is 5.97 Å². The highest BCUT2D eigenvalue weighted by Gasteiger charge is 2.33. The number of allylic oxidation sites excluding steroid dienone is 3. The average Bonchev–Trinajstić information content (AvgIpc) is 2.05. The molecule has 1 aliphatic carbocycles. The highest BCUT2D eigenvalue weighted by molar-refractivity contribution is 5.80. The zero-order valence-corrected chi connectivity index (χ0v) is 6.45. The summed E-state index contributed by atoms with van der Waals surface area (Å²) < 4.78 is 0. The van der Waals surface area contributed by atoms with E-state index >= 15 is 0 Å². The van der Waals surface area contributed by atoms with Crippen molar-refractivity contribution in [1.82, 2.24) is 0 Å². The molecule has 1 unspecified atom stereocenters. The van der Waals surface area contributed by atoms with Crippen LogP contribution in [-0.4, -0.2) is 11.1 Å². The smallest absolute Gasteiger partial charge is 0.314 e. The maximum absolute atomic E-state index is 10.8. The van der Waals surface area contributed by atoms with E-state index in [0.717, 1.165) is 0 Å². The summed E-state index contributed by atoms with van der Waals surface area (Å²) in [5, 5.41) is 8.87. The van der Waals surface area contributed by atoms with E-state index in [1.807, 2.05) is 13.0 Å². The van der Waals surface area contributed by atoms with Crippen molar-refractivity contribution < 1.29 is 9.90 Å². The number of carboxylic acid groups (broad SMARTS) is 1. The lowest BCUT2D eigenvalue weighted by Crippen LogP contribution is -2.28. The van der Waals surface area contributed by atoms with Gasteiger partial charge in [-0.2, -0.15) is 0 Å². The number of aliphatic carboxylic acids is 1. The molecule has 0 bridgehead atoms. The molecule has 1 aliphatic rings. The van der Waals surface area contributed by atoms with Gasteiger partial charge in [0.25, 0.3) is 0 Å². The first-order chi connectivity index (χ1) is 5.21. The summed E-state index contributed by atoms with van der Waals surface area (Å²) in [5.74, 6) is -0.777. The van der Waals surface area contributed by atoms with E-state index in [0.29, 0.717) is 6.42 Å². The molecule has 2 heteroatoms. The number of rotatable bonds is 2. The van der Waals surface area contributed by atoms with Crippen LogP contribution in [0, 0.1) is 11.8 Å². The zero-order valence-electron chi connectivity index (χ0n) is 6.45. The maximum atomic E-state index is 10.8. The second-order valence-corrected chi connectivity index (χ2v) is 2.61. The number of carboxylic acids is 1. The molecule has 0 aromatic rings. The third-order valence-corrected chi connectivity index (χ3v) is 1.99. The van der Waals surface area contributed by atoms with Crippen molar-refractivity contribution >= 4 is 5.97 Å². The Morgan fingerprint density at radius 2 is 2.18 bits per heavy atom. The number of hydrogen-bond donors (Lipinski definition) is 1. The van der Waals surface area contributed by atoms with E-state index in [9.17, 15) is 4.79 Å². The summed E-state index contributed by atoms with van der Waals surface area (Å²) in [4.78, 5) is 10.8. The molecule has 0 saturated heterocycles. The summed E-state index contributed by atoms with van der Waals surface area (Å²) in [7, 11) is 0. The van der Waals surface area contributed by atoms with Gasteiger partial charge in [0.2, 0.25) is 0 Å². The topological polar surface area (TPSA) is 37.3 Å². The molecule has 0 aromatic heterocycles. The number of hydrogen-bond acceptors (Lipinski definition) is 1. The van der Waals surface area contributed by atoms with Crippen LogP contribution in [0.15, 0.2) is 24.3 Å². The minimum atomic E-state index is -0.777. The molecule has 1 N–H and O–H groups in total. The molecule has 0 heterocycles. The predicted octanol–water partition coefficient (Wildman–Crippen LogP) is 1.80. The minimum Gasteiger partial charge on any atom is -0.481 e. The first-order valence-electron chi connectivity index (χ1n) is 3.65. The van der Waals surface area contributed by atoms with Crippen molar-refractivity contribution in [2.24, 2.45) is 5.41 Å². The molecule has 0 aromatic carbocycles. The lowest BCUT2D eigenvalue weighted by atomic mass is 9.79. The van der Waals surface area contributed by atoms with Crippen LogP contribution in [0.3, 0.4) is 0 Å². The van der Waals surface area contributed by atoms with Crippen LogP contribution in [0.2, 0.25) is 0 Å². The van der Waals surface area contributed by atoms with Gasteiger partial charge in [0.15, 0.2) is 0 Å². The van der Waals surface area contributed by atoms with Gasteiger partial charge in [0.05, 0.1) is 5.41 Å². The third kappa shape index (κ3) is 1.34. The summed E-state index contributed by atoms with van der Waals surface area (Å²) >= 11 is 0. The Hall–Kier alpha value is -1.05. The van der Waals surface area contributed by atoms with Crippen molar-refractivity contribution in [2.45, 2.75) is 13.3 Å². The van der Waals surface area contributed by atoms with Crippen LogP contribution in [0.25, 0.3) is 0 Å². The van der Waals surface area contributed by atoms with E-state index < -0.39 is 11.4 Å². The molecule has 2 nitrogen and oxygen atoms in total. The van der Waals surface area contributed by atoms with Crippen LogP contribution in [0.4, 0.5) is 0 Å². The van der Waals surface area contributed by atoms with Gasteiger partial charge in [-0.3, -0.25) is 4.79 Å². The van der Waals surface area contributed by atoms with Crippen LogP contribution in [-0.2, 0) is 4.79 Å². The molecule has 0 amide bonds. The molecule has 0 aliphatic heterocycles. The van der Waals surface area contributed by atoms with Crippen LogP contribution in [0.1, 0.15) is 13.3 Å². The van der Waals surface area contributed by atoms with Crippen molar-refractivity contribution in [1.29, 1.82) is 0 Å². The SMILES string of the molecule is CCC1(C(=O)O)[CH]C=CC=C1. The summed E-state index contributed by atoms with van der Waals surface area (Å²) in [5.41, 5.74) is -0.755. The van der Waals surface area contributed by atoms with Gasteiger partial charge in [-0.15, -0.1) is 0 Å². The second kappa shape index (κ2) is 2.91. The summed E-state index contributed by atoms with van der Waals surface area (Å²) in [6, 6.07) is 0. The Balaban J connectivity index is 2.85. The van der Waals surface area contributed by atoms with Gasteiger partial charge < -0.3 is 5.11 Å². The van der Waals surface area contributed by atoms with Crippen molar-refractivity contribution in [3.8, 4) is 0 Å². The Labute approximate surface area is 66.2 Å². The normalized spacial score (nSPS) is 28.8. The maximum Gasteiger partial charge on any atom is 0.314 e. The summed E-state index contributed by atoms with van der Waals surface area (Å²) in [6.45, 7) is 1.87. The van der Waals surface area contributed by atoms with Crippen molar-refractivity contribution in [2.75, 3.05) is 0 Å². The molecule has 0 saturated carbocycles. The quantitative estimate of drug-likeness (QED) is 0.653. The van der Waals surface area contributed by atoms with Gasteiger partial charge in [0.1, 0.15) is 0 Å². The van der Waals surface area contributed by atoms with Crippen LogP contribution < -0.4 is 0 Å². The van der Waals surface area contributed by atoms with Crippen molar-refractivity contribution in [3.63, 3.8) is 0 Å². The van der Waals surface area contributed by atoms with Gasteiger partial charge in [-0.05, 0) is 6.42 Å². The highest BCUT2D eigenvalue weighted by atomic mass is 16.4. The van der Waals surface area contributed by atoms with E-state index in [4.69, 9.17) is 5.11 Å². The fourth-order valence-corrected chi connectivity index (χ4v) is 1.10. The lowest BCUT2D eigenvalue weighted by molar-refractivity contribution is -0.144. The minimum absolute atomic E-state index is 0.600. The molecular formula is C9H11O2. The van der Waals surface area contributed by atoms with Crippen molar-refractivity contribution in [3.05, 3.63) is 30.7 Å². The fourth-order valence-electron chi connectivity index (χ4n) is 1.10. The van der Waals surface area contributed by atoms with Crippen LogP contribution >= 0.6 is 0 Å². The molecule has 0 spiro atoms. The fraction of sp³-hybridized carbons (Fsp3) is 0.333. The largest absolute Gasteiger partial charge is 0.481 e. The first kappa shape index (κ1) is 8.05. The molecule has 0 fully saturated rings. The van der Waals surface area contributed by atoms with E-state index in [1.54, 1.807) is 24.6 Å². The standard InChI is InChI=1S/C9H11O2/c1-2-9(8(10)11)6-4-3-5-7-9/h3-7H,2H2,1H3,(H,10,11). The Bertz CT molecular complexity index is 216. The lowest BCUT2D eigenvalue weighted by Gasteiger charge is -2.23. The molecule has 1 radical (unpaired) electrons. The molecule has 1 atom stereocenters. The third-order valence-electron chi connectivity index (χ3n) is 1.99. The monoisotopic (exact) mass is 151 g/mol. The molecular weight excluding hydrogens is 140 g/mol. The Morgan fingerprint density at radius 3 is 2.45 bits per heavy atom. The average molecular weight is 151 g/mol. The molecule has 1 rings (SSSR count). The second-order valence-electron chi connectivity index (χ2n) is 2.61. The van der Waals surface area contributed by atoms with E-state index in [2.05, 4.69) is 0 Å². The van der Waals surface area contributed by atoms with E-state index in [-0.39, 0.29) is 0 Å². The zero-order chi connectivity index (χ0) is 8.32. The summed E-state index contributed by atoms with van der Waals surface area (Å²) in [6.07, 6.45) is 9.42. The van der Waals surface area contributed by atoms with Gasteiger partial charge in [-0.25, -0.2) is 0 Å². The Morgan fingerprint density at radius 1 is 1.45 bits per heavy atom. The van der Waals surface area contributed by atoms with Gasteiger partial charge in [-0.1, -0.05) is 31.2 Å². The molecule has 11 heavy (non-hydrogen) atoms. The Kier molecular flexibility index (Phi) is 2.13.